The molecular weight excluding hydrogens is 244 g/mol. The summed E-state index contributed by atoms with van der Waals surface area (Å²) in [5.41, 5.74) is 2.48. The van der Waals surface area contributed by atoms with Gasteiger partial charge in [-0.1, -0.05) is 49.9 Å². The number of carbonyl (C=O) groups excluding carboxylic acids is 1. The highest BCUT2D eigenvalue weighted by atomic mass is 16.1. The summed E-state index contributed by atoms with van der Waals surface area (Å²) in [6, 6.07) is 8.32. The minimum absolute atomic E-state index is 0.342. The lowest BCUT2D eigenvalue weighted by Gasteiger charge is -2.38. The van der Waals surface area contributed by atoms with E-state index in [4.69, 9.17) is 0 Å². The number of hydrogen-bond donors (Lipinski definition) is 0. The predicted octanol–water partition coefficient (Wildman–Crippen LogP) is 4.71. The maximum absolute atomic E-state index is 12.6. The average Bonchev–Trinajstić information content (AvgIpc) is 2.49. The van der Waals surface area contributed by atoms with Crippen molar-refractivity contribution in [1.82, 2.24) is 0 Å². The van der Waals surface area contributed by atoms with E-state index in [-0.39, 0.29) is 0 Å². The number of benzene rings is 1. The molecule has 0 radical (unpaired) electrons. The second-order valence-electron chi connectivity index (χ2n) is 6.88. The number of ketones is 1. The summed E-state index contributed by atoms with van der Waals surface area (Å²) in [6.45, 7) is 2.11. The van der Waals surface area contributed by atoms with Crippen molar-refractivity contribution < 1.29 is 4.79 Å². The van der Waals surface area contributed by atoms with Gasteiger partial charge in [0.15, 0.2) is 0 Å². The van der Waals surface area contributed by atoms with E-state index in [0.29, 0.717) is 18.1 Å². The third-order valence-electron chi connectivity index (χ3n) is 5.62. The van der Waals surface area contributed by atoms with Crippen LogP contribution in [0.4, 0.5) is 0 Å². The lowest BCUT2D eigenvalue weighted by atomic mass is 9.66. The Morgan fingerprint density at radius 2 is 1.80 bits per heavy atom. The Labute approximate surface area is 122 Å². The third-order valence-corrected chi connectivity index (χ3v) is 5.62. The predicted molar refractivity (Wildman–Crippen MR) is 82.7 cm³/mol. The Morgan fingerprint density at radius 1 is 1.05 bits per heavy atom. The molecule has 0 aliphatic heterocycles. The zero-order valence-electron chi connectivity index (χ0n) is 12.6. The Morgan fingerprint density at radius 3 is 2.60 bits per heavy atom. The smallest absolute Gasteiger partial charge is 0.140 e. The van der Waals surface area contributed by atoms with Crippen LogP contribution in [0.3, 0.4) is 0 Å². The minimum Gasteiger partial charge on any atom is -0.299 e. The van der Waals surface area contributed by atoms with E-state index < -0.39 is 0 Å². The van der Waals surface area contributed by atoms with Crippen LogP contribution < -0.4 is 0 Å². The molecule has 1 aromatic carbocycles. The molecule has 3 unspecified atom stereocenters. The Kier molecular flexibility index (Phi) is 4.24. The van der Waals surface area contributed by atoms with Gasteiger partial charge in [-0.05, 0) is 49.1 Å². The van der Waals surface area contributed by atoms with E-state index in [9.17, 15) is 4.79 Å². The first-order chi connectivity index (χ1) is 9.74. The molecule has 0 N–H and O–H groups in total. The molecule has 108 valence electrons. The Bertz CT molecular complexity index is 476. The molecular formula is C19H26O. The first-order valence-electron chi connectivity index (χ1n) is 8.31. The van der Waals surface area contributed by atoms with Gasteiger partial charge < -0.3 is 0 Å². The number of rotatable bonds is 3. The summed E-state index contributed by atoms with van der Waals surface area (Å²) in [5, 5.41) is 0. The van der Waals surface area contributed by atoms with E-state index in [1.165, 1.54) is 49.7 Å². The molecule has 3 atom stereocenters. The number of hydrogen-bond acceptors (Lipinski definition) is 1. The molecule has 20 heavy (non-hydrogen) atoms. The van der Waals surface area contributed by atoms with Crippen LogP contribution in [0.5, 0.6) is 0 Å². The number of carbonyl (C=O) groups is 1. The van der Waals surface area contributed by atoms with Gasteiger partial charge >= 0.3 is 0 Å². The Hall–Kier alpha value is -1.11. The lowest BCUT2D eigenvalue weighted by molar-refractivity contribution is -0.124. The summed E-state index contributed by atoms with van der Waals surface area (Å²) in [5.74, 6) is 2.62. The van der Waals surface area contributed by atoms with Crippen LogP contribution in [-0.4, -0.2) is 5.78 Å². The van der Waals surface area contributed by atoms with E-state index in [2.05, 4.69) is 25.1 Å². The topological polar surface area (TPSA) is 17.1 Å². The van der Waals surface area contributed by atoms with Crippen molar-refractivity contribution in [2.75, 3.05) is 0 Å². The molecule has 1 nitrogen and oxygen atoms in total. The quantitative estimate of drug-likeness (QED) is 0.777. The van der Waals surface area contributed by atoms with Crippen molar-refractivity contribution in [3.8, 4) is 0 Å². The van der Waals surface area contributed by atoms with Gasteiger partial charge in [0.1, 0.15) is 5.78 Å². The van der Waals surface area contributed by atoms with E-state index in [1.54, 1.807) is 0 Å². The van der Waals surface area contributed by atoms with Crippen molar-refractivity contribution >= 4 is 5.78 Å². The molecule has 0 heterocycles. The van der Waals surface area contributed by atoms with Crippen LogP contribution in [0.1, 0.15) is 56.1 Å². The number of fused-ring (bicyclic) bond motifs is 1. The lowest BCUT2D eigenvalue weighted by Crippen LogP contribution is -2.31. The largest absolute Gasteiger partial charge is 0.299 e. The molecule has 0 amide bonds. The molecule has 2 fully saturated rings. The van der Waals surface area contributed by atoms with Gasteiger partial charge in [0.25, 0.3) is 0 Å². The van der Waals surface area contributed by atoms with Crippen LogP contribution in [0.15, 0.2) is 24.3 Å². The summed E-state index contributed by atoms with van der Waals surface area (Å²) in [7, 11) is 0. The normalized spacial score (nSPS) is 29.8. The van der Waals surface area contributed by atoms with Gasteiger partial charge in [0.05, 0.1) is 0 Å². The highest BCUT2D eigenvalue weighted by Crippen LogP contribution is 2.43. The van der Waals surface area contributed by atoms with Gasteiger partial charge in [-0.15, -0.1) is 0 Å². The summed E-state index contributed by atoms with van der Waals surface area (Å²) < 4.78 is 0. The zero-order chi connectivity index (χ0) is 13.9. The van der Waals surface area contributed by atoms with Gasteiger partial charge in [0.2, 0.25) is 0 Å². The molecule has 2 saturated carbocycles. The maximum Gasteiger partial charge on any atom is 0.140 e. The second-order valence-corrected chi connectivity index (χ2v) is 6.88. The SMILES string of the molecule is Cc1ccccc1CC(=O)C1CCC2CCCCC2C1. The van der Waals surface area contributed by atoms with Crippen molar-refractivity contribution in [1.29, 1.82) is 0 Å². The molecule has 3 rings (SSSR count). The molecule has 0 spiro atoms. The van der Waals surface area contributed by atoms with Crippen LogP contribution >= 0.6 is 0 Å². The first kappa shape index (κ1) is 13.9. The van der Waals surface area contributed by atoms with Gasteiger partial charge in [-0.3, -0.25) is 4.79 Å². The Balaban J connectivity index is 1.62. The van der Waals surface area contributed by atoms with Crippen LogP contribution in [0, 0.1) is 24.7 Å². The van der Waals surface area contributed by atoms with Crippen molar-refractivity contribution in [3.63, 3.8) is 0 Å². The molecule has 2 aliphatic rings. The molecule has 1 aromatic rings. The summed E-state index contributed by atoms with van der Waals surface area (Å²) in [4.78, 5) is 12.6. The second kappa shape index (κ2) is 6.11. The van der Waals surface area contributed by atoms with E-state index in [1.807, 2.05) is 6.07 Å². The highest BCUT2D eigenvalue weighted by Gasteiger charge is 2.34. The van der Waals surface area contributed by atoms with Gasteiger partial charge in [-0.25, -0.2) is 0 Å². The fourth-order valence-corrected chi connectivity index (χ4v) is 4.31. The maximum atomic E-state index is 12.6. The van der Waals surface area contributed by atoms with Crippen LogP contribution in [0.25, 0.3) is 0 Å². The fourth-order valence-electron chi connectivity index (χ4n) is 4.31. The average molecular weight is 270 g/mol. The highest BCUT2D eigenvalue weighted by molar-refractivity contribution is 5.83. The standard InChI is InChI=1S/C19H26O/c1-14-6-2-3-8-16(14)13-19(20)18-11-10-15-7-4-5-9-17(15)12-18/h2-3,6,8,15,17-18H,4-5,7,9-13H2,1H3. The van der Waals surface area contributed by atoms with Crippen molar-refractivity contribution in [2.45, 2.75) is 58.3 Å². The zero-order valence-corrected chi connectivity index (χ0v) is 12.6. The molecule has 2 aliphatic carbocycles. The number of Topliss-reactive ketones (excluding diaryl/α,β-unsaturated/α-hetero) is 1. The number of aryl methyl sites for hydroxylation is 1. The third kappa shape index (κ3) is 2.97. The molecule has 0 bridgehead atoms. The summed E-state index contributed by atoms with van der Waals surface area (Å²) in [6.07, 6.45) is 9.87. The van der Waals surface area contributed by atoms with Crippen molar-refractivity contribution in [3.05, 3.63) is 35.4 Å². The monoisotopic (exact) mass is 270 g/mol. The van der Waals surface area contributed by atoms with E-state index in [0.717, 1.165) is 18.3 Å². The first-order valence-corrected chi connectivity index (χ1v) is 8.31. The molecule has 0 saturated heterocycles. The van der Waals surface area contributed by atoms with E-state index >= 15 is 0 Å². The summed E-state index contributed by atoms with van der Waals surface area (Å²) >= 11 is 0. The molecule has 1 heteroatoms. The molecule has 0 aromatic heterocycles. The van der Waals surface area contributed by atoms with Gasteiger partial charge in [-0.2, -0.15) is 0 Å². The van der Waals surface area contributed by atoms with Crippen LogP contribution in [-0.2, 0) is 11.2 Å². The minimum atomic E-state index is 0.342. The van der Waals surface area contributed by atoms with Crippen molar-refractivity contribution in [2.24, 2.45) is 17.8 Å². The fraction of sp³-hybridized carbons (Fsp3) is 0.632. The van der Waals surface area contributed by atoms with Crippen LogP contribution in [0.2, 0.25) is 0 Å². The van der Waals surface area contributed by atoms with Gasteiger partial charge in [0, 0.05) is 12.3 Å².